The lowest BCUT2D eigenvalue weighted by Crippen LogP contribution is -2.42. The molecule has 0 saturated carbocycles. The number of aromatic nitrogens is 6. The van der Waals surface area contributed by atoms with Gasteiger partial charge in [0.05, 0.1) is 23.1 Å². The molecule has 1 aliphatic rings. The van der Waals surface area contributed by atoms with Crippen molar-refractivity contribution in [2.24, 2.45) is 14.1 Å². The Balaban J connectivity index is 1.62. The fourth-order valence-electron chi connectivity index (χ4n) is 3.59. The maximum Gasteiger partial charge on any atom is 0.173 e. The number of anilines is 1. The van der Waals surface area contributed by atoms with E-state index in [0.29, 0.717) is 35.9 Å². The van der Waals surface area contributed by atoms with Gasteiger partial charge < -0.3 is 9.47 Å². The lowest BCUT2D eigenvalue weighted by Gasteiger charge is -2.37. The first-order chi connectivity index (χ1) is 13.4. The molecule has 0 amide bonds. The molecule has 0 aliphatic carbocycles. The number of halogens is 2. The first kappa shape index (κ1) is 18.4. The van der Waals surface area contributed by atoms with Gasteiger partial charge in [-0.1, -0.05) is 11.6 Å². The Morgan fingerprint density at radius 2 is 2.04 bits per heavy atom. The zero-order chi connectivity index (χ0) is 19.9. The molecule has 4 heterocycles. The van der Waals surface area contributed by atoms with Crippen LogP contribution in [0, 0.1) is 11.3 Å². The molecule has 3 aromatic rings. The highest BCUT2D eigenvalue weighted by atomic mass is 35.5. The molecular formula is C18H18ClFN8. The summed E-state index contributed by atoms with van der Waals surface area (Å²) >= 11 is 6.45. The van der Waals surface area contributed by atoms with Crippen LogP contribution in [-0.2, 0) is 19.8 Å². The number of hydrogen-bond acceptors (Lipinski definition) is 6. The number of piperidine rings is 1. The molecule has 0 atom stereocenters. The minimum absolute atomic E-state index is 0.225. The van der Waals surface area contributed by atoms with Gasteiger partial charge in [-0.05, 0) is 6.07 Å². The molecule has 8 nitrogen and oxygen atoms in total. The van der Waals surface area contributed by atoms with E-state index in [1.54, 1.807) is 41.8 Å². The average molecular weight is 401 g/mol. The molecule has 28 heavy (non-hydrogen) atoms. The minimum Gasteiger partial charge on any atom is -0.368 e. The minimum atomic E-state index is -1.55. The number of alkyl halides is 1. The Morgan fingerprint density at radius 3 is 2.61 bits per heavy atom. The zero-order valence-corrected chi connectivity index (χ0v) is 16.2. The smallest absolute Gasteiger partial charge is 0.173 e. The average Bonchev–Trinajstić information content (AvgIpc) is 3.31. The van der Waals surface area contributed by atoms with Crippen molar-refractivity contribution < 1.29 is 4.39 Å². The van der Waals surface area contributed by atoms with Gasteiger partial charge in [-0.3, -0.25) is 4.68 Å². The number of hydrogen-bond donors (Lipinski definition) is 0. The summed E-state index contributed by atoms with van der Waals surface area (Å²) in [6.45, 7) is 0.789. The van der Waals surface area contributed by atoms with Crippen molar-refractivity contribution in [2.75, 3.05) is 18.0 Å². The molecular weight excluding hydrogens is 383 g/mol. The van der Waals surface area contributed by atoms with E-state index in [2.05, 4.69) is 26.3 Å². The predicted molar refractivity (Wildman–Crippen MR) is 101 cm³/mol. The van der Waals surface area contributed by atoms with Crippen LogP contribution in [0.4, 0.5) is 10.1 Å². The van der Waals surface area contributed by atoms with Crippen molar-refractivity contribution in [2.45, 2.75) is 18.5 Å². The molecule has 10 heteroatoms. The first-order valence-corrected chi connectivity index (χ1v) is 9.17. The molecule has 0 N–H and O–H groups in total. The highest BCUT2D eigenvalue weighted by Crippen LogP contribution is 2.40. The van der Waals surface area contributed by atoms with Gasteiger partial charge in [-0.25, -0.2) is 9.37 Å². The Bertz CT molecular complexity index is 1060. The molecule has 1 fully saturated rings. The van der Waals surface area contributed by atoms with Gasteiger partial charge in [-0.15, -0.1) is 10.2 Å². The zero-order valence-electron chi connectivity index (χ0n) is 15.5. The SMILES string of the molecule is Cn1cc(-c2cc(C#N)c(N3CCC(F)(c4nncn4C)CC3)c(Cl)n2)cn1. The number of nitriles is 1. The van der Waals surface area contributed by atoms with Crippen molar-refractivity contribution in [3.05, 3.63) is 41.3 Å². The lowest BCUT2D eigenvalue weighted by atomic mass is 9.91. The van der Waals surface area contributed by atoms with Crippen LogP contribution in [0.3, 0.4) is 0 Å². The lowest BCUT2D eigenvalue weighted by molar-refractivity contribution is 0.109. The third kappa shape index (κ3) is 3.10. The third-order valence-electron chi connectivity index (χ3n) is 5.06. The molecule has 0 aromatic carbocycles. The Morgan fingerprint density at radius 1 is 1.29 bits per heavy atom. The second-order valence-corrected chi connectivity index (χ2v) is 7.28. The quantitative estimate of drug-likeness (QED) is 0.628. The van der Waals surface area contributed by atoms with Gasteiger partial charge >= 0.3 is 0 Å². The predicted octanol–water partition coefficient (Wildman–Crippen LogP) is 2.60. The number of aryl methyl sites for hydroxylation is 2. The van der Waals surface area contributed by atoms with E-state index in [-0.39, 0.29) is 18.0 Å². The number of pyridine rings is 1. The Kier molecular flexibility index (Phi) is 4.51. The normalized spacial score (nSPS) is 16.2. The summed E-state index contributed by atoms with van der Waals surface area (Å²) in [6.07, 6.45) is 5.42. The van der Waals surface area contributed by atoms with E-state index in [1.165, 1.54) is 6.33 Å². The van der Waals surface area contributed by atoms with Crippen LogP contribution in [0.25, 0.3) is 11.3 Å². The molecule has 1 saturated heterocycles. The van der Waals surface area contributed by atoms with E-state index in [1.807, 2.05) is 4.90 Å². The highest BCUT2D eigenvalue weighted by molar-refractivity contribution is 6.32. The monoisotopic (exact) mass is 400 g/mol. The topological polar surface area (TPSA) is 88.5 Å². The van der Waals surface area contributed by atoms with Crippen molar-refractivity contribution in [1.29, 1.82) is 5.26 Å². The number of rotatable bonds is 3. The van der Waals surface area contributed by atoms with E-state index >= 15 is 4.39 Å². The van der Waals surface area contributed by atoms with Gasteiger partial charge in [0.1, 0.15) is 12.4 Å². The molecule has 4 rings (SSSR count). The van der Waals surface area contributed by atoms with E-state index in [4.69, 9.17) is 11.6 Å². The largest absolute Gasteiger partial charge is 0.368 e. The van der Waals surface area contributed by atoms with Crippen LogP contribution in [0.2, 0.25) is 5.15 Å². The van der Waals surface area contributed by atoms with Crippen molar-refractivity contribution in [1.82, 2.24) is 29.5 Å². The van der Waals surface area contributed by atoms with E-state index in [0.717, 1.165) is 5.56 Å². The maximum atomic E-state index is 15.4. The van der Waals surface area contributed by atoms with Crippen molar-refractivity contribution in [3.8, 4) is 17.3 Å². The van der Waals surface area contributed by atoms with E-state index < -0.39 is 5.67 Å². The first-order valence-electron chi connectivity index (χ1n) is 8.79. The van der Waals surface area contributed by atoms with Crippen LogP contribution in [0.1, 0.15) is 24.2 Å². The molecule has 0 bridgehead atoms. The highest BCUT2D eigenvalue weighted by Gasteiger charge is 2.41. The Labute approximate surface area is 166 Å². The van der Waals surface area contributed by atoms with Gasteiger partial charge in [0.15, 0.2) is 16.6 Å². The van der Waals surface area contributed by atoms with Gasteiger partial charge in [-0.2, -0.15) is 10.4 Å². The summed E-state index contributed by atoms with van der Waals surface area (Å²) in [5, 5.41) is 21.7. The molecule has 0 radical (unpaired) electrons. The van der Waals surface area contributed by atoms with Crippen molar-refractivity contribution >= 4 is 17.3 Å². The summed E-state index contributed by atoms with van der Waals surface area (Å²) in [6, 6.07) is 3.89. The van der Waals surface area contributed by atoms with Crippen LogP contribution >= 0.6 is 11.6 Å². The van der Waals surface area contributed by atoms with Crippen molar-refractivity contribution in [3.63, 3.8) is 0 Å². The van der Waals surface area contributed by atoms with Gasteiger partial charge in [0, 0.05) is 51.8 Å². The summed E-state index contributed by atoms with van der Waals surface area (Å²) < 4.78 is 18.6. The third-order valence-corrected chi connectivity index (χ3v) is 5.32. The molecule has 3 aromatic heterocycles. The fourth-order valence-corrected chi connectivity index (χ4v) is 3.90. The number of nitrogens with zero attached hydrogens (tertiary/aromatic N) is 8. The summed E-state index contributed by atoms with van der Waals surface area (Å²) in [5.41, 5.74) is 0.746. The second-order valence-electron chi connectivity index (χ2n) is 6.93. The molecule has 0 spiro atoms. The maximum absolute atomic E-state index is 15.4. The summed E-state index contributed by atoms with van der Waals surface area (Å²) in [7, 11) is 3.54. The summed E-state index contributed by atoms with van der Waals surface area (Å²) in [5.74, 6) is 0.323. The van der Waals surface area contributed by atoms with Crippen LogP contribution in [0.5, 0.6) is 0 Å². The van der Waals surface area contributed by atoms with E-state index in [9.17, 15) is 5.26 Å². The summed E-state index contributed by atoms with van der Waals surface area (Å²) in [4.78, 5) is 6.35. The standard InChI is InChI=1S/C18H18ClFN8/c1-26-11-22-25-17(26)18(20)3-5-28(6-4-18)15-12(8-21)7-14(24-16(15)19)13-9-23-27(2)10-13/h7,9-11H,3-6H2,1-2H3. The van der Waals surface area contributed by atoms with Crippen LogP contribution in [-0.4, -0.2) is 42.6 Å². The molecule has 144 valence electrons. The fraction of sp³-hybridized carbons (Fsp3) is 0.389. The van der Waals surface area contributed by atoms with Gasteiger partial charge in [0.2, 0.25) is 0 Å². The Hall–Kier alpha value is -2.99. The van der Waals surface area contributed by atoms with Crippen LogP contribution in [0.15, 0.2) is 24.8 Å². The van der Waals surface area contributed by atoms with Crippen LogP contribution < -0.4 is 4.90 Å². The second kappa shape index (κ2) is 6.87. The van der Waals surface area contributed by atoms with Gasteiger partial charge in [0.25, 0.3) is 0 Å². The molecule has 1 aliphatic heterocycles. The molecule has 0 unspecified atom stereocenters.